The van der Waals surface area contributed by atoms with Gasteiger partial charge < -0.3 is 5.32 Å². The van der Waals surface area contributed by atoms with Gasteiger partial charge in [-0.3, -0.25) is 4.98 Å². The summed E-state index contributed by atoms with van der Waals surface area (Å²) in [6, 6.07) is 6.66. The maximum atomic E-state index is 13.7. The van der Waals surface area contributed by atoms with Crippen molar-refractivity contribution < 1.29 is 4.39 Å². The molecule has 1 atom stereocenters. The van der Waals surface area contributed by atoms with Gasteiger partial charge in [-0.15, -0.1) is 0 Å². The molecular formula is C16H17Cl2FN2. The van der Waals surface area contributed by atoms with E-state index in [1.807, 2.05) is 12.1 Å². The summed E-state index contributed by atoms with van der Waals surface area (Å²) in [5.41, 5.74) is 1.71. The van der Waals surface area contributed by atoms with Gasteiger partial charge in [0.1, 0.15) is 5.82 Å². The number of aromatic nitrogens is 1. The molecule has 1 N–H and O–H groups in total. The van der Waals surface area contributed by atoms with Gasteiger partial charge in [0, 0.05) is 18.4 Å². The van der Waals surface area contributed by atoms with E-state index in [4.69, 9.17) is 23.2 Å². The lowest BCUT2D eigenvalue weighted by molar-refractivity contribution is 0.524. The number of hydrogen-bond donors (Lipinski definition) is 1. The molecule has 2 nitrogen and oxygen atoms in total. The third kappa shape index (κ3) is 4.16. The van der Waals surface area contributed by atoms with E-state index < -0.39 is 5.82 Å². The summed E-state index contributed by atoms with van der Waals surface area (Å²) >= 11 is 12.3. The average molecular weight is 327 g/mol. The van der Waals surface area contributed by atoms with Crippen molar-refractivity contribution in [2.75, 3.05) is 6.54 Å². The normalized spacial score (nSPS) is 12.4. The van der Waals surface area contributed by atoms with Crippen LogP contribution in [0.1, 0.15) is 30.5 Å². The van der Waals surface area contributed by atoms with Gasteiger partial charge in [-0.1, -0.05) is 42.3 Å². The zero-order valence-corrected chi connectivity index (χ0v) is 13.3. The third-order valence-electron chi connectivity index (χ3n) is 3.28. The van der Waals surface area contributed by atoms with Crippen LogP contribution in [0.2, 0.25) is 10.0 Å². The van der Waals surface area contributed by atoms with Gasteiger partial charge in [0.25, 0.3) is 0 Å². The SMILES string of the molecule is CCCNC(Cc1ccncc1Cl)c1cccc(F)c1Cl. The molecule has 1 aromatic heterocycles. The molecule has 0 bridgehead atoms. The van der Waals surface area contributed by atoms with Crippen molar-refractivity contribution in [3.05, 3.63) is 63.6 Å². The molecule has 0 saturated heterocycles. The summed E-state index contributed by atoms with van der Waals surface area (Å²) in [7, 11) is 0. The quantitative estimate of drug-likeness (QED) is 0.823. The standard InChI is InChI=1S/C16H17Cl2FN2/c1-2-7-21-15(9-11-6-8-20-10-13(11)17)12-4-3-5-14(19)16(12)18/h3-6,8,10,15,21H,2,7,9H2,1H3. The van der Waals surface area contributed by atoms with Crippen molar-refractivity contribution in [3.8, 4) is 0 Å². The Bertz CT molecular complexity index is 605. The summed E-state index contributed by atoms with van der Waals surface area (Å²) in [5, 5.41) is 4.17. The van der Waals surface area contributed by atoms with Gasteiger partial charge in [0.05, 0.1) is 10.0 Å². The second-order valence-corrected chi connectivity index (χ2v) is 5.61. The van der Waals surface area contributed by atoms with Crippen molar-refractivity contribution in [2.24, 2.45) is 0 Å². The van der Waals surface area contributed by atoms with E-state index in [1.54, 1.807) is 18.5 Å². The molecule has 0 radical (unpaired) electrons. The van der Waals surface area contributed by atoms with Crippen LogP contribution in [0.25, 0.3) is 0 Å². The molecule has 112 valence electrons. The van der Waals surface area contributed by atoms with Gasteiger partial charge >= 0.3 is 0 Å². The van der Waals surface area contributed by atoms with E-state index in [-0.39, 0.29) is 11.1 Å². The summed E-state index contributed by atoms with van der Waals surface area (Å²) < 4.78 is 13.7. The van der Waals surface area contributed by atoms with E-state index in [2.05, 4.69) is 17.2 Å². The first-order valence-corrected chi connectivity index (χ1v) is 7.64. The molecule has 0 aliphatic carbocycles. The first-order valence-electron chi connectivity index (χ1n) is 6.89. The number of nitrogens with one attached hydrogen (secondary N) is 1. The molecule has 5 heteroatoms. The molecule has 0 amide bonds. The Hall–Kier alpha value is -1.16. The van der Waals surface area contributed by atoms with Crippen molar-refractivity contribution in [1.29, 1.82) is 0 Å². The molecule has 21 heavy (non-hydrogen) atoms. The summed E-state index contributed by atoms with van der Waals surface area (Å²) in [6.45, 7) is 2.90. The lowest BCUT2D eigenvalue weighted by atomic mass is 9.99. The van der Waals surface area contributed by atoms with E-state index in [1.165, 1.54) is 6.07 Å². The second-order valence-electron chi connectivity index (χ2n) is 4.82. The fraction of sp³-hybridized carbons (Fsp3) is 0.312. The Morgan fingerprint density at radius 3 is 2.81 bits per heavy atom. The summed E-state index contributed by atoms with van der Waals surface area (Å²) in [4.78, 5) is 3.98. The molecule has 0 aliphatic rings. The number of nitrogens with zero attached hydrogens (tertiary/aromatic N) is 1. The lowest BCUT2D eigenvalue weighted by Gasteiger charge is -2.21. The molecule has 1 unspecified atom stereocenters. The Morgan fingerprint density at radius 2 is 2.10 bits per heavy atom. The first-order chi connectivity index (χ1) is 10.1. The van der Waals surface area contributed by atoms with E-state index in [9.17, 15) is 4.39 Å². The molecule has 2 rings (SSSR count). The number of benzene rings is 1. The molecule has 0 spiro atoms. The summed E-state index contributed by atoms with van der Waals surface area (Å²) in [5.74, 6) is -0.404. The zero-order chi connectivity index (χ0) is 15.2. The Morgan fingerprint density at radius 1 is 1.29 bits per heavy atom. The number of rotatable bonds is 6. The lowest BCUT2D eigenvalue weighted by Crippen LogP contribution is -2.24. The van der Waals surface area contributed by atoms with Crippen molar-refractivity contribution in [1.82, 2.24) is 10.3 Å². The maximum Gasteiger partial charge on any atom is 0.142 e. The van der Waals surface area contributed by atoms with Crippen LogP contribution in [0.3, 0.4) is 0 Å². The van der Waals surface area contributed by atoms with E-state index in [0.29, 0.717) is 11.4 Å². The van der Waals surface area contributed by atoms with Crippen molar-refractivity contribution in [2.45, 2.75) is 25.8 Å². The van der Waals surface area contributed by atoms with Gasteiger partial charge in [0.2, 0.25) is 0 Å². The summed E-state index contributed by atoms with van der Waals surface area (Å²) in [6.07, 6.45) is 4.92. The van der Waals surface area contributed by atoms with E-state index in [0.717, 1.165) is 24.1 Å². The van der Waals surface area contributed by atoms with Crippen LogP contribution in [0, 0.1) is 5.82 Å². The fourth-order valence-electron chi connectivity index (χ4n) is 2.19. The Kier molecular flexibility index (Phi) is 5.97. The zero-order valence-electron chi connectivity index (χ0n) is 11.7. The molecular weight excluding hydrogens is 310 g/mol. The third-order valence-corrected chi connectivity index (χ3v) is 4.02. The highest BCUT2D eigenvalue weighted by Crippen LogP contribution is 2.29. The van der Waals surface area contributed by atoms with Crippen LogP contribution in [0.15, 0.2) is 36.7 Å². The van der Waals surface area contributed by atoms with Gasteiger partial charge in [-0.05, 0) is 42.6 Å². The minimum Gasteiger partial charge on any atom is -0.310 e. The average Bonchev–Trinajstić information content (AvgIpc) is 2.48. The van der Waals surface area contributed by atoms with Crippen LogP contribution >= 0.6 is 23.2 Å². The van der Waals surface area contributed by atoms with Crippen molar-refractivity contribution >= 4 is 23.2 Å². The monoisotopic (exact) mass is 326 g/mol. The predicted molar refractivity (Wildman–Crippen MR) is 85.4 cm³/mol. The predicted octanol–water partition coefficient (Wildman–Crippen LogP) is 4.81. The van der Waals surface area contributed by atoms with Crippen LogP contribution in [-0.2, 0) is 6.42 Å². The molecule has 1 heterocycles. The van der Waals surface area contributed by atoms with Crippen LogP contribution in [0.4, 0.5) is 4.39 Å². The fourth-order valence-corrected chi connectivity index (χ4v) is 2.64. The van der Waals surface area contributed by atoms with Gasteiger partial charge in [-0.2, -0.15) is 0 Å². The van der Waals surface area contributed by atoms with Crippen LogP contribution < -0.4 is 5.32 Å². The first kappa shape index (κ1) is 16.2. The number of halogens is 3. The second kappa shape index (κ2) is 7.74. The molecule has 0 saturated carbocycles. The number of hydrogen-bond acceptors (Lipinski definition) is 2. The van der Waals surface area contributed by atoms with Crippen LogP contribution in [-0.4, -0.2) is 11.5 Å². The Labute approximate surface area is 134 Å². The van der Waals surface area contributed by atoms with Crippen LogP contribution in [0.5, 0.6) is 0 Å². The number of pyridine rings is 1. The van der Waals surface area contributed by atoms with Gasteiger partial charge in [-0.25, -0.2) is 4.39 Å². The highest BCUT2D eigenvalue weighted by molar-refractivity contribution is 6.31. The van der Waals surface area contributed by atoms with E-state index >= 15 is 0 Å². The largest absolute Gasteiger partial charge is 0.310 e. The highest BCUT2D eigenvalue weighted by atomic mass is 35.5. The molecule has 1 aromatic carbocycles. The molecule has 0 aliphatic heterocycles. The smallest absolute Gasteiger partial charge is 0.142 e. The minimum absolute atomic E-state index is 0.0898. The molecule has 2 aromatic rings. The molecule has 0 fully saturated rings. The topological polar surface area (TPSA) is 24.9 Å². The maximum absolute atomic E-state index is 13.7. The highest BCUT2D eigenvalue weighted by Gasteiger charge is 2.18. The Balaban J connectivity index is 2.30. The van der Waals surface area contributed by atoms with Crippen molar-refractivity contribution in [3.63, 3.8) is 0 Å². The van der Waals surface area contributed by atoms with Gasteiger partial charge in [0.15, 0.2) is 0 Å². The minimum atomic E-state index is -0.404.